The number of rotatable bonds is 3. The Bertz CT molecular complexity index is 806. The summed E-state index contributed by atoms with van der Waals surface area (Å²) in [6, 6.07) is 12.0. The first-order valence-electron chi connectivity index (χ1n) is 7.13. The molecule has 0 bridgehead atoms. The number of hydrogen-bond acceptors (Lipinski definition) is 2. The Morgan fingerprint density at radius 3 is 1.70 bits per heavy atom. The molecular weight excluding hydrogens is 325 g/mol. The number of sulfone groups is 1. The van der Waals surface area contributed by atoms with Crippen LogP contribution < -0.4 is 0 Å². The van der Waals surface area contributed by atoms with Crippen LogP contribution in [-0.2, 0) is 16.0 Å². The minimum atomic E-state index is -4.32. The fourth-order valence-electron chi connectivity index (χ4n) is 2.81. The fraction of sp³-hybridized carbons (Fsp3) is 0.294. The van der Waals surface area contributed by atoms with E-state index in [9.17, 15) is 21.6 Å². The van der Waals surface area contributed by atoms with E-state index >= 15 is 0 Å². The van der Waals surface area contributed by atoms with Crippen LogP contribution in [0.1, 0.15) is 34.9 Å². The van der Waals surface area contributed by atoms with Crippen molar-refractivity contribution in [2.45, 2.75) is 29.3 Å². The molecule has 2 aromatic rings. The molecule has 122 valence electrons. The van der Waals surface area contributed by atoms with Gasteiger partial charge in [-0.15, -0.1) is 0 Å². The van der Waals surface area contributed by atoms with Gasteiger partial charge in [-0.3, -0.25) is 0 Å². The Hall–Kier alpha value is -1.82. The number of benzene rings is 2. The molecular formula is C17H15F3O2S. The zero-order valence-electron chi connectivity index (χ0n) is 12.3. The van der Waals surface area contributed by atoms with Gasteiger partial charge in [-0.2, -0.15) is 13.2 Å². The van der Waals surface area contributed by atoms with Crippen molar-refractivity contribution in [3.63, 3.8) is 0 Å². The van der Waals surface area contributed by atoms with Gasteiger partial charge in [0.2, 0.25) is 0 Å². The lowest BCUT2D eigenvalue weighted by molar-refractivity contribution is -0.137. The molecule has 0 aromatic heterocycles. The van der Waals surface area contributed by atoms with Gasteiger partial charge < -0.3 is 0 Å². The molecule has 0 radical (unpaired) electrons. The van der Waals surface area contributed by atoms with E-state index in [1.165, 1.54) is 12.1 Å². The molecule has 0 amide bonds. The van der Waals surface area contributed by atoms with Crippen molar-refractivity contribution >= 4 is 9.84 Å². The van der Waals surface area contributed by atoms with Crippen molar-refractivity contribution in [1.82, 2.24) is 0 Å². The molecule has 2 aromatic carbocycles. The van der Waals surface area contributed by atoms with E-state index < -0.39 is 21.6 Å². The van der Waals surface area contributed by atoms with Crippen LogP contribution in [0.25, 0.3) is 0 Å². The molecule has 1 saturated carbocycles. The fourth-order valence-corrected chi connectivity index (χ4v) is 3.44. The van der Waals surface area contributed by atoms with Crippen LogP contribution in [0.4, 0.5) is 13.2 Å². The van der Waals surface area contributed by atoms with Crippen LogP contribution in [0.3, 0.4) is 0 Å². The standard InChI is InChI=1S/C17H15F3O2S/c1-23(21,22)14-8-4-12(5-9-14)16-10-15(16)11-2-6-13(7-3-11)17(18,19)20/h2-9,15-16H,10H2,1H3. The lowest BCUT2D eigenvalue weighted by Gasteiger charge is -2.07. The number of alkyl halides is 3. The zero-order valence-corrected chi connectivity index (χ0v) is 13.2. The number of halogens is 3. The third kappa shape index (κ3) is 3.42. The summed E-state index contributed by atoms with van der Waals surface area (Å²) in [5, 5.41) is 0. The second-order valence-corrected chi connectivity index (χ2v) is 7.93. The van der Waals surface area contributed by atoms with Crippen LogP contribution in [0.5, 0.6) is 0 Å². The second-order valence-electron chi connectivity index (χ2n) is 5.91. The molecule has 2 atom stereocenters. The van der Waals surface area contributed by atoms with Crippen molar-refractivity contribution < 1.29 is 21.6 Å². The highest BCUT2D eigenvalue weighted by molar-refractivity contribution is 7.90. The summed E-state index contributed by atoms with van der Waals surface area (Å²) < 4.78 is 60.6. The first kappa shape index (κ1) is 16.1. The SMILES string of the molecule is CS(=O)(=O)c1ccc(C2CC2c2ccc(C(F)(F)F)cc2)cc1. The lowest BCUT2D eigenvalue weighted by Crippen LogP contribution is -2.04. The second kappa shape index (κ2) is 5.37. The molecule has 3 rings (SSSR count). The van der Waals surface area contributed by atoms with Crippen LogP contribution >= 0.6 is 0 Å². The van der Waals surface area contributed by atoms with Crippen LogP contribution in [0.2, 0.25) is 0 Å². The van der Waals surface area contributed by atoms with Gasteiger partial charge >= 0.3 is 6.18 Å². The van der Waals surface area contributed by atoms with Crippen molar-refractivity contribution in [3.05, 3.63) is 65.2 Å². The summed E-state index contributed by atoms with van der Waals surface area (Å²) in [5.41, 5.74) is 1.26. The maximum Gasteiger partial charge on any atom is 0.416 e. The maximum atomic E-state index is 12.6. The highest BCUT2D eigenvalue weighted by Crippen LogP contribution is 2.54. The highest BCUT2D eigenvalue weighted by atomic mass is 32.2. The molecule has 2 nitrogen and oxygen atoms in total. The van der Waals surface area contributed by atoms with Gasteiger partial charge in [0, 0.05) is 6.26 Å². The molecule has 1 fully saturated rings. The van der Waals surface area contributed by atoms with Crippen molar-refractivity contribution in [2.75, 3.05) is 6.26 Å². The average Bonchev–Trinajstić information content (AvgIpc) is 3.26. The van der Waals surface area contributed by atoms with Gasteiger partial charge in [0.15, 0.2) is 9.84 Å². The molecule has 0 spiro atoms. The van der Waals surface area contributed by atoms with Crippen molar-refractivity contribution in [1.29, 1.82) is 0 Å². The molecule has 2 unspecified atom stereocenters. The summed E-state index contributed by atoms with van der Waals surface area (Å²) in [4.78, 5) is 0.271. The summed E-state index contributed by atoms with van der Waals surface area (Å²) in [6.07, 6.45) is -2.29. The van der Waals surface area contributed by atoms with Gasteiger partial charge in [0.25, 0.3) is 0 Å². The first-order valence-corrected chi connectivity index (χ1v) is 9.02. The molecule has 6 heteroatoms. The van der Waals surface area contributed by atoms with E-state index in [1.54, 1.807) is 24.3 Å². The third-order valence-electron chi connectivity index (χ3n) is 4.19. The summed E-state index contributed by atoms with van der Waals surface area (Å²) in [7, 11) is -3.22. The summed E-state index contributed by atoms with van der Waals surface area (Å²) in [5.74, 6) is 0.432. The Balaban J connectivity index is 1.74. The molecule has 0 N–H and O–H groups in total. The largest absolute Gasteiger partial charge is 0.416 e. The van der Waals surface area contributed by atoms with Crippen LogP contribution in [0, 0.1) is 0 Å². The highest BCUT2D eigenvalue weighted by Gasteiger charge is 2.40. The van der Waals surface area contributed by atoms with Gasteiger partial charge in [0.1, 0.15) is 0 Å². The van der Waals surface area contributed by atoms with E-state index in [1.807, 2.05) is 0 Å². The van der Waals surface area contributed by atoms with E-state index in [0.29, 0.717) is 0 Å². The quantitative estimate of drug-likeness (QED) is 0.831. The molecule has 0 saturated heterocycles. The van der Waals surface area contributed by atoms with Gasteiger partial charge in [-0.1, -0.05) is 24.3 Å². The maximum absolute atomic E-state index is 12.6. The number of hydrogen-bond donors (Lipinski definition) is 0. The van der Waals surface area contributed by atoms with Crippen LogP contribution in [0.15, 0.2) is 53.4 Å². The monoisotopic (exact) mass is 340 g/mol. The molecule has 1 aliphatic rings. The minimum Gasteiger partial charge on any atom is -0.224 e. The molecule has 0 aliphatic heterocycles. The van der Waals surface area contributed by atoms with Gasteiger partial charge in [-0.25, -0.2) is 8.42 Å². The van der Waals surface area contributed by atoms with E-state index in [2.05, 4.69) is 0 Å². The topological polar surface area (TPSA) is 34.1 Å². The van der Waals surface area contributed by atoms with Crippen LogP contribution in [-0.4, -0.2) is 14.7 Å². The predicted molar refractivity (Wildman–Crippen MR) is 81.1 cm³/mol. The average molecular weight is 340 g/mol. The Kier molecular flexibility index (Phi) is 3.75. The van der Waals surface area contributed by atoms with Crippen molar-refractivity contribution in [3.8, 4) is 0 Å². The van der Waals surface area contributed by atoms with E-state index in [0.717, 1.165) is 35.9 Å². The van der Waals surface area contributed by atoms with Crippen molar-refractivity contribution in [2.24, 2.45) is 0 Å². The van der Waals surface area contributed by atoms with Gasteiger partial charge in [-0.05, 0) is 53.6 Å². The van der Waals surface area contributed by atoms with Gasteiger partial charge in [0.05, 0.1) is 10.5 Å². The molecule has 1 aliphatic carbocycles. The van der Waals surface area contributed by atoms with E-state index in [4.69, 9.17) is 0 Å². The summed E-state index contributed by atoms with van der Waals surface area (Å²) >= 11 is 0. The lowest BCUT2D eigenvalue weighted by atomic mass is 10.0. The zero-order chi connectivity index (χ0) is 16.8. The first-order chi connectivity index (χ1) is 10.7. The Morgan fingerprint density at radius 2 is 1.30 bits per heavy atom. The molecule has 23 heavy (non-hydrogen) atoms. The summed E-state index contributed by atoms with van der Waals surface area (Å²) in [6.45, 7) is 0. The van der Waals surface area contributed by atoms with E-state index in [-0.39, 0.29) is 16.7 Å². The predicted octanol–water partition coefficient (Wildman–Crippen LogP) is 4.38. The Morgan fingerprint density at radius 1 is 0.870 bits per heavy atom. The minimum absolute atomic E-state index is 0.196. The third-order valence-corrected chi connectivity index (χ3v) is 5.32. The smallest absolute Gasteiger partial charge is 0.224 e. The Labute approximate surface area is 132 Å². The normalized spacial score (nSPS) is 21.2. The molecule has 0 heterocycles.